The molecule has 62 heavy (non-hydrogen) atoms. The molecule has 325 valence electrons. The van der Waals surface area contributed by atoms with Crippen molar-refractivity contribution in [1.29, 1.82) is 0 Å². The van der Waals surface area contributed by atoms with E-state index >= 15 is 0 Å². The second kappa shape index (κ2) is 17.1. The van der Waals surface area contributed by atoms with Crippen LogP contribution >= 0.6 is 0 Å². The largest absolute Gasteiger partial charge is 0.493 e. The first-order chi connectivity index (χ1) is 29.3. The van der Waals surface area contributed by atoms with Gasteiger partial charge in [0.25, 0.3) is 11.8 Å². The quantitative estimate of drug-likeness (QED) is 0.135. The molecule has 7 rings (SSSR count). The van der Waals surface area contributed by atoms with Crippen LogP contribution in [0.2, 0.25) is 25.0 Å². The van der Waals surface area contributed by atoms with Crippen molar-refractivity contribution >= 4 is 58.4 Å². The monoisotopic (exact) mass is 859 g/mol. The minimum atomic E-state index is -2.42. The Labute approximate surface area is 367 Å². The Morgan fingerprint density at radius 1 is 0.823 bits per heavy atom. The van der Waals surface area contributed by atoms with Gasteiger partial charge >= 0.3 is 14.5 Å². The number of amides is 2. The van der Waals surface area contributed by atoms with Crippen molar-refractivity contribution in [2.45, 2.75) is 124 Å². The molecule has 0 aliphatic carbocycles. The molecule has 4 heterocycles. The number of fused-ring (bicyclic) bond motifs is 4. The van der Waals surface area contributed by atoms with Gasteiger partial charge in [-0.3, -0.25) is 14.4 Å². The number of aryl methyl sites for hydroxylation is 1. The van der Waals surface area contributed by atoms with E-state index in [1.807, 2.05) is 51.0 Å². The Morgan fingerprint density at radius 2 is 1.39 bits per heavy atom. The molecule has 0 unspecified atom stereocenters. The van der Waals surface area contributed by atoms with Crippen LogP contribution in [0.15, 0.2) is 66.0 Å². The normalized spacial score (nSPS) is 20.9. The van der Waals surface area contributed by atoms with Crippen LogP contribution < -0.4 is 23.8 Å². The molecule has 0 aromatic heterocycles. The number of nitrogens with zero attached hydrogens (tertiary/aromatic N) is 4. The average molecular weight is 860 g/mol. The Bertz CT molecular complexity index is 2360. The maximum absolute atomic E-state index is 14.3. The van der Waals surface area contributed by atoms with Gasteiger partial charge in [-0.2, -0.15) is 0 Å². The minimum Gasteiger partial charge on any atom is -0.493 e. The summed E-state index contributed by atoms with van der Waals surface area (Å²) in [4.78, 5) is 59.9. The molecule has 3 aromatic rings. The topological polar surface area (TPSA) is 138 Å². The number of carbonyl (C=O) groups is 4. The molecule has 0 saturated heterocycles. The Hall–Kier alpha value is -5.31. The van der Waals surface area contributed by atoms with Gasteiger partial charge in [0.1, 0.15) is 37.7 Å². The highest BCUT2D eigenvalue weighted by molar-refractivity contribution is 6.74. The molecule has 4 aliphatic rings. The highest BCUT2D eigenvalue weighted by Crippen LogP contribution is 2.45. The predicted octanol–water partition coefficient (Wildman–Crippen LogP) is 7.51. The number of anilines is 2. The summed E-state index contributed by atoms with van der Waals surface area (Å²) in [6.07, 6.45) is 5.95. The molecular formula is C46H57B2N4O9Si. The number of aldehydes is 1. The van der Waals surface area contributed by atoms with E-state index < -0.39 is 21.6 Å². The van der Waals surface area contributed by atoms with Crippen LogP contribution in [0.4, 0.5) is 11.4 Å². The van der Waals surface area contributed by atoms with Crippen molar-refractivity contribution in [3.8, 4) is 17.2 Å². The van der Waals surface area contributed by atoms with Crippen molar-refractivity contribution < 1.29 is 42.8 Å². The summed E-state index contributed by atoms with van der Waals surface area (Å²) < 4.78 is 25.6. The van der Waals surface area contributed by atoms with Crippen LogP contribution in [0.5, 0.6) is 17.2 Å². The first-order valence-electron chi connectivity index (χ1n) is 21.2. The van der Waals surface area contributed by atoms with E-state index in [1.54, 1.807) is 57.8 Å². The molecule has 1 radical (unpaired) electrons. The van der Waals surface area contributed by atoms with Gasteiger partial charge in [-0.1, -0.05) is 31.9 Å². The lowest BCUT2D eigenvalue weighted by Crippen LogP contribution is -2.57. The van der Waals surface area contributed by atoms with Crippen molar-refractivity contribution in [1.82, 2.24) is 9.80 Å². The Balaban J connectivity index is 1.17. The van der Waals surface area contributed by atoms with Crippen molar-refractivity contribution in [3.05, 3.63) is 99.4 Å². The van der Waals surface area contributed by atoms with Crippen LogP contribution in [0.25, 0.3) is 0 Å². The lowest BCUT2D eigenvalue weighted by atomic mass is 9.80. The summed E-state index contributed by atoms with van der Waals surface area (Å²) in [6, 6.07) is 11.7. The molecule has 4 aliphatic heterocycles. The van der Waals surface area contributed by atoms with E-state index in [4.69, 9.17) is 18.6 Å². The van der Waals surface area contributed by atoms with E-state index in [1.165, 1.54) is 14.5 Å². The van der Waals surface area contributed by atoms with Crippen LogP contribution in [0.1, 0.15) is 102 Å². The fourth-order valence-corrected chi connectivity index (χ4v) is 10.1. The maximum atomic E-state index is 14.3. The second-order valence-corrected chi connectivity index (χ2v) is 23.3. The Morgan fingerprint density at radius 3 is 1.95 bits per heavy atom. The van der Waals surface area contributed by atoms with Gasteiger partial charge in [0, 0.05) is 47.5 Å². The van der Waals surface area contributed by atoms with Crippen molar-refractivity contribution in [3.63, 3.8) is 0 Å². The summed E-state index contributed by atoms with van der Waals surface area (Å²) >= 11 is 0. The third-order valence-electron chi connectivity index (χ3n) is 13.0. The van der Waals surface area contributed by atoms with Gasteiger partial charge in [-0.25, -0.2) is 0 Å². The fourth-order valence-electron chi connectivity index (χ4n) is 8.85. The molecule has 16 heteroatoms. The van der Waals surface area contributed by atoms with Crippen LogP contribution in [0, 0.1) is 6.92 Å². The number of methoxy groups -OCH3 is 1. The maximum Gasteiger partial charge on any atom is 0.409 e. The zero-order chi connectivity index (χ0) is 45.0. The summed E-state index contributed by atoms with van der Waals surface area (Å²) in [6.45, 7) is 20.5. The zero-order valence-corrected chi connectivity index (χ0v) is 38.6. The van der Waals surface area contributed by atoms with Crippen LogP contribution in [0.3, 0.4) is 0 Å². The van der Waals surface area contributed by atoms with Gasteiger partial charge in [0.05, 0.1) is 30.3 Å². The standard InChI is InChI=1S/C46H57B2N4O9Si/c1-27-12-36-30(4)52(48(8)57)38-20-42(41(58-9)18-35(38)44(56)49(36)21-27)60-25-33-16-31(23-53)15-32(17-33)24-59-40-19-37-34(14-29(40)3)43(55)50-22-28(2)13-39(50)45(51(37)47-26-54)61-62(10,11)46(5,6)7/h14-23,26,30,36,39,45,57H,12-13,24-25H2,1-11H3/t30-,36-,39-,45-/m0/s1. The van der Waals surface area contributed by atoms with Crippen molar-refractivity contribution in [2.24, 2.45) is 0 Å². The first kappa shape index (κ1) is 44.7. The lowest BCUT2D eigenvalue weighted by Gasteiger charge is -2.45. The predicted molar refractivity (Wildman–Crippen MR) is 244 cm³/mol. The molecule has 4 atom stereocenters. The average Bonchev–Trinajstić information content (AvgIpc) is 3.78. The fraction of sp³-hybridized carbons (Fsp3) is 0.435. The molecule has 13 nitrogen and oxygen atoms in total. The highest BCUT2D eigenvalue weighted by Gasteiger charge is 2.48. The molecule has 0 fully saturated rings. The van der Waals surface area contributed by atoms with Gasteiger partial charge in [0.2, 0.25) is 0 Å². The molecule has 1 N–H and O–H groups in total. The third kappa shape index (κ3) is 8.31. The van der Waals surface area contributed by atoms with E-state index in [-0.39, 0.29) is 48.2 Å². The minimum absolute atomic E-state index is 0.0519. The van der Waals surface area contributed by atoms with Gasteiger partial charge in [-0.05, 0) is 113 Å². The molecule has 2 amide bonds. The Kier molecular flexibility index (Phi) is 12.3. The summed E-state index contributed by atoms with van der Waals surface area (Å²) in [5, 5.41) is 10.9. The number of benzene rings is 3. The van der Waals surface area contributed by atoms with Crippen LogP contribution in [-0.2, 0) is 22.4 Å². The smallest absolute Gasteiger partial charge is 0.409 e. The molecule has 0 bridgehead atoms. The van der Waals surface area contributed by atoms with Crippen molar-refractivity contribution in [2.75, 3.05) is 16.7 Å². The van der Waals surface area contributed by atoms with Gasteiger partial charge < -0.3 is 47.9 Å². The number of hydrogen-bond donors (Lipinski definition) is 1. The number of ether oxygens (including phenoxy) is 3. The third-order valence-corrected chi connectivity index (χ3v) is 17.4. The van der Waals surface area contributed by atoms with E-state index in [9.17, 15) is 24.2 Å². The zero-order valence-electron chi connectivity index (χ0n) is 37.6. The van der Waals surface area contributed by atoms with E-state index in [0.717, 1.165) is 29.2 Å². The number of carbonyl (C=O) groups excluding carboxylic acids is 4. The molecule has 3 aromatic carbocycles. The summed E-state index contributed by atoms with van der Waals surface area (Å²) in [5.41, 5.74) is 6.56. The van der Waals surface area contributed by atoms with Gasteiger partial charge in [0.15, 0.2) is 19.8 Å². The second-order valence-electron chi connectivity index (χ2n) is 18.6. The van der Waals surface area contributed by atoms with Crippen LogP contribution in [-0.4, -0.2) is 93.4 Å². The summed E-state index contributed by atoms with van der Waals surface area (Å²) in [7, 11) is -0.354. The molecule has 0 spiro atoms. The number of rotatable bonds is 13. The lowest BCUT2D eigenvalue weighted by molar-refractivity contribution is 0.0638. The van der Waals surface area contributed by atoms with E-state index in [2.05, 4.69) is 33.9 Å². The summed E-state index contributed by atoms with van der Waals surface area (Å²) in [5.74, 6) is 0.869. The first-order valence-corrected chi connectivity index (χ1v) is 24.1. The molecule has 0 saturated carbocycles. The molecular weight excluding hydrogens is 802 g/mol. The highest BCUT2D eigenvalue weighted by atomic mass is 28.4. The van der Waals surface area contributed by atoms with E-state index in [0.29, 0.717) is 69.3 Å². The van der Waals surface area contributed by atoms with Gasteiger partial charge in [-0.15, -0.1) is 0 Å². The SMILES string of the molecule is COc1cc2c(cc1OCc1cc(C=O)cc(COc3cc4c(cc3C)C(=O)N3C=C(C)C[C@H]3[C@H](O[Si](C)(C)C(C)(C)C)N4[B]C=O)c1)N(B(C)O)[C@@H](C)[C@@H]1CC(C)=CN1C2=O. The number of hydrogen-bond acceptors (Lipinski definition) is 11.